The summed E-state index contributed by atoms with van der Waals surface area (Å²) in [6.45, 7) is 5.30. The van der Waals surface area contributed by atoms with Crippen LogP contribution >= 0.6 is 12.6 Å². The Morgan fingerprint density at radius 2 is 2.07 bits per heavy atom. The summed E-state index contributed by atoms with van der Waals surface area (Å²) in [5, 5.41) is 3.33. The molecule has 0 radical (unpaired) electrons. The van der Waals surface area contributed by atoms with E-state index in [0.29, 0.717) is 5.75 Å². The van der Waals surface area contributed by atoms with Crippen molar-refractivity contribution >= 4 is 12.6 Å². The molecule has 0 unspecified atom stereocenters. The molecule has 14 heavy (non-hydrogen) atoms. The summed E-state index contributed by atoms with van der Waals surface area (Å²) in [5.74, 6) is 0.611. The molecule has 0 amide bonds. The molecule has 3 heteroatoms. The second-order valence-electron chi connectivity index (χ2n) is 3.38. The third-order valence-electron chi connectivity index (χ3n) is 1.91. The van der Waals surface area contributed by atoms with Crippen LogP contribution in [0.5, 0.6) is 0 Å². The second-order valence-corrected chi connectivity index (χ2v) is 3.70. The topological polar surface area (TPSA) is 38.0 Å². The number of thiol groups is 1. The number of allylic oxidation sites excluding steroid dienone is 3. The minimum Gasteiger partial charge on any atom is -0.401 e. The van der Waals surface area contributed by atoms with E-state index in [1.54, 1.807) is 0 Å². The summed E-state index contributed by atoms with van der Waals surface area (Å²) in [5.41, 5.74) is 7.56. The van der Waals surface area contributed by atoms with Gasteiger partial charge in [0.2, 0.25) is 0 Å². The Morgan fingerprint density at radius 1 is 1.36 bits per heavy atom. The van der Waals surface area contributed by atoms with Crippen LogP contribution in [-0.2, 0) is 0 Å². The molecule has 0 heterocycles. The van der Waals surface area contributed by atoms with Crippen molar-refractivity contribution in [1.29, 1.82) is 0 Å². The summed E-state index contributed by atoms with van der Waals surface area (Å²) in [7, 11) is 0. The zero-order valence-electron chi connectivity index (χ0n) is 9.21. The molecule has 2 nitrogen and oxygen atoms in total. The van der Waals surface area contributed by atoms with E-state index < -0.39 is 0 Å². The fraction of sp³-hybridized carbons (Fsp3) is 0.636. The van der Waals surface area contributed by atoms with Crippen molar-refractivity contribution in [3.63, 3.8) is 0 Å². The highest BCUT2D eigenvalue weighted by molar-refractivity contribution is 7.80. The maximum atomic E-state index is 5.61. The number of unbranched alkanes of at least 4 members (excludes halogenated alkanes) is 2. The highest BCUT2D eigenvalue weighted by atomic mass is 32.1. The lowest BCUT2D eigenvalue weighted by molar-refractivity contribution is 0.667. The summed E-state index contributed by atoms with van der Waals surface area (Å²) in [4.78, 5) is 0. The normalized spacial score (nSPS) is 13.1. The largest absolute Gasteiger partial charge is 0.401 e. The minimum absolute atomic E-state index is 0.611. The highest BCUT2D eigenvalue weighted by Gasteiger charge is 1.88. The molecule has 0 aliphatic heterocycles. The number of rotatable bonds is 7. The summed E-state index contributed by atoms with van der Waals surface area (Å²) in [6.07, 6.45) is 7.67. The Labute approximate surface area is 93.1 Å². The first-order chi connectivity index (χ1) is 6.70. The number of hydrogen-bond acceptors (Lipinski definition) is 3. The van der Waals surface area contributed by atoms with Crippen LogP contribution in [0.2, 0.25) is 0 Å². The van der Waals surface area contributed by atoms with Crippen LogP contribution in [-0.4, -0.2) is 12.3 Å². The Hall–Kier alpha value is -0.570. The van der Waals surface area contributed by atoms with Gasteiger partial charge in [-0.3, -0.25) is 0 Å². The average molecular weight is 214 g/mol. The van der Waals surface area contributed by atoms with E-state index in [1.807, 2.05) is 19.1 Å². The van der Waals surface area contributed by atoms with Crippen LogP contribution < -0.4 is 11.1 Å². The van der Waals surface area contributed by atoms with Crippen molar-refractivity contribution in [2.75, 3.05) is 12.3 Å². The molecular formula is C11H22N2S. The molecule has 0 bridgehead atoms. The molecule has 0 rings (SSSR count). The zero-order valence-corrected chi connectivity index (χ0v) is 10.1. The van der Waals surface area contributed by atoms with Gasteiger partial charge >= 0.3 is 0 Å². The Morgan fingerprint density at radius 3 is 2.64 bits per heavy atom. The quantitative estimate of drug-likeness (QED) is 0.346. The minimum atomic E-state index is 0.611. The van der Waals surface area contributed by atoms with Gasteiger partial charge in [-0.2, -0.15) is 12.6 Å². The van der Waals surface area contributed by atoms with Crippen molar-refractivity contribution in [2.45, 2.75) is 33.1 Å². The first-order valence-electron chi connectivity index (χ1n) is 5.18. The fourth-order valence-corrected chi connectivity index (χ4v) is 1.11. The Bertz CT molecular complexity index is 197. The van der Waals surface area contributed by atoms with Crippen LogP contribution in [0.4, 0.5) is 0 Å². The monoisotopic (exact) mass is 214 g/mol. The van der Waals surface area contributed by atoms with E-state index in [1.165, 1.54) is 19.3 Å². The van der Waals surface area contributed by atoms with Crippen molar-refractivity contribution in [3.05, 3.63) is 23.5 Å². The smallest absolute Gasteiger partial charge is 0.0300 e. The first-order valence-corrected chi connectivity index (χ1v) is 5.81. The molecule has 0 saturated carbocycles. The van der Waals surface area contributed by atoms with Crippen molar-refractivity contribution in [2.24, 2.45) is 5.73 Å². The summed E-state index contributed by atoms with van der Waals surface area (Å²) < 4.78 is 0. The van der Waals surface area contributed by atoms with Crippen molar-refractivity contribution < 1.29 is 0 Å². The average Bonchev–Trinajstić information content (AvgIpc) is 2.21. The molecule has 82 valence electrons. The van der Waals surface area contributed by atoms with E-state index in [2.05, 4.69) is 24.9 Å². The summed E-state index contributed by atoms with van der Waals surface area (Å²) in [6, 6.07) is 0. The lowest BCUT2D eigenvalue weighted by atomic mass is 10.2. The Kier molecular flexibility index (Phi) is 8.64. The molecular weight excluding hydrogens is 192 g/mol. The van der Waals surface area contributed by atoms with Crippen molar-refractivity contribution in [3.8, 4) is 0 Å². The predicted octanol–water partition coefficient (Wildman–Crippen LogP) is 2.44. The molecule has 0 aromatic carbocycles. The molecule has 0 aromatic heterocycles. The maximum Gasteiger partial charge on any atom is 0.0300 e. The van der Waals surface area contributed by atoms with Gasteiger partial charge in [-0.15, -0.1) is 0 Å². The standard InChI is InChI=1S/C11H22N2S/c1-3-4-5-8-13-10(2)6-7-11(12)9-14/h6-7,13-14H,3-5,8-9,12H2,1-2H3/b10-6+,11-7+. The van der Waals surface area contributed by atoms with Crippen LogP contribution in [0.25, 0.3) is 0 Å². The summed E-state index contributed by atoms with van der Waals surface area (Å²) >= 11 is 4.07. The van der Waals surface area contributed by atoms with Gasteiger partial charge in [-0.1, -0.05) is 19.8 Å². The van der Waals surface area contributed by atoms with Gasteiger partial charge in [0.05, 0.1) is 0 Å². The van der Waals surface area contributed by atoms with Crippen LogP contribution in [0.15, 0.2) is 23.5 Å². The van der Waals surface area contributed by atoms with Crippen LogP contribution in [0.3, 0.4) is 0 Å². The van der Waals surface area contributed by atoms with E-state index in [4.69, 9.17) is 5.73 Å². The van der Waals surface area contributed by atoms with E-state index in [9.17, 15) is 0 Å². The molecule has 0 atom stereocenters. The molecule has 3 N–H and O–H groups in total. The van der Waals surface area contributed by atoms with E-state index in [-0.39, 0.29) is 0 Å². The molecule has 0 aliphatic rings. The van der Waals surface area contributed by atoms with Gasteiger partial charge < -0.3 is 11.1 Å². The van der Waals surface area contributed by atoms with Crippen LogP contribution in [0.1, 0.15) is 33.1 Å². The van der Waals surface area contributed by atoms with Gasteiger partial charge in [0.25, 0.3) is 0 Å². The number of hydrogen-bond donors (Lipinski definition) is 3. The Balaban J connectivity index is 3.67. The lowest BCUT2D eigenvalue weighted by Gasteiger charge is -2.04. The van der Waals surface area contributed by atoms with Gasteiger partial charge in [0, 0.05) is 23.7 Å². The fourth-order valence-electron chi connectivity index (χ4n) is 1.00. The number of nitrogens with one attached hydrogen (secondary N) is 1. The molecule has 0 fully saturated rings. The third kappa shape index (κ3) is 8.05. The lowest BCUT2D eigenvalue weighted by Crippen LogP contribution is -2.12. The third-order valence-corrected chi connectivity index (χ3v) is 2.28. The molecule has 0 aromatic rings. The SMILES string of the molecule is CCCCCN/C(C)=C/C=C(/N)CS. The predicted molar refractivity (Wildman–Crippen MR) is 67.4 cm³/mol. The van der Waals surface area contributed by atoms with Crippen molar-refractivity contribution in [1.82, 2.24) is 5.32 Å². The highest BCUT2D eigenvalue weighted by Crippen LogP contribution is 1.95. The van der Waals surface area contributed by atoms with Gasteiger partial charge in [0.15, 0.2) is 0 Å². The second kappa shape index (κ2) is 9.00. The van der Waals surface area contributed by atoms with Gasteiger partial charge in [-0.05, 0) is 25.5 Å². The van der Waals surface area contributed by atoms with Crippen LogP contribution in [0, 0.1) is 0 Å². The molecule has 0 spiro atoms. The van der Waals surface area contributed by atoms with E-state index in [0.717, 1.165) is 17.9 Å². The zero-order chi connectivity index (χ0) is 10.8. The number of nitrogens with two attached hydrogens (primary N) is 1. The molecule has 0 aliphatic carbocycles. The maximum absolute atomic E-state index is 5.61. The van der Waals surface area contributed by atoms with E-state index >= 15 is 0 Å². The molecule has 0 saturated heterocycles. The van der Waals surface area contributed by atoms with Gasteiger partial charge in [-0.25, -0.2) is 0 Å². The first kappa shape index (κ1) is 13.4. The van der Waals surface area contributed by atoms with Gasteiger partial charge in [0.1, 0.15) is 0 Å².